The number of rotatable bonds is 6. The van der Waals surface area contributed by atoms with Crippen LogP contribution >= 0.6 is 0 Å². The molecule has 0 aliphatic carbocycles. The van der Waals surface area contributed by atoms with Crippen LogP contribution < -0.4 is 27.0 Å². The van der Waals surface area contributed by atoms with E-state index in [-0.39, 0.29) is 17.4 Å². The van der Waals surface area contributed by atoms with E-state index in [1.807, 2.05) is 31.2 Å². The summed E-state index contributed by atoms with van der Waals surface area (Å²) in [6, 6.07) is 6.57. The largest absolute Gasteiger partial charge is 0.496 e. The Kier molecular flexibility index (Phi) is 5.66. The Labute approximate surface area is 151 Å². The third-order valence-corrected chi connectivity index (χ3v) is 4.45. The van der Waals surface area contributed by atoms with E-state index in [1.165, 1.54) is 14.1 Å². The van der Waals surface area contributed by atoms with E-state index in [4.69, 9.17) is 10.5 Å². The van der Waals surface area contributed by atoms with Gasteiger partial charge in [0.05, 0.1) is 13.2 Å². The quantitative estimate of drug-likeness (QED) is 0.730. The van der Waals surface area contributed by atoms with Gasteiger partial charge in [0.1, 0.15) is 17.1 Å². The second-order valence-corrected chi connectivity index (χ2v) is 6.18. The fraction of sp³-hybridized carbons (Fsp3) is 0.389. The summed E-state index contributed by atoms with van der Waals surface area (Å²) in [5.41, 5.74) is 5.28. The molecule has 0 unspecified atom stereocenters. The van der Waals surface area contributed by atoms with Crippen molar-refractivity contribution in [3.8, 4) is 5.75 Å². The van der Waals surface area contributed by atoms with E-state index in [0.29, 0.717) is 5.75 Å². The summed E-state index contributed by atoms with van der Waals surface area (Å²) in [7, 11) is 4.31. The van der Waals surface area contributed by atoms with Crippen molar-refractivity contribution >= 4 is 11.6 Å². The van der Waals surface area contributed by atoms with Crippen molar-refractivity contribution < 1.29 is 9.53 Å². The van der Waals surface area contributed by atoms with Crippen molar-refractivity contribution in [2.45, 2.75) is 25.9 Å². The summed E-state index contributed by atoms with van der Waals surface area (Å²) in [6.45, 7) is 3.54. The first-order valence-corrected chi connectivity index (χ1v) is 8.19. The maximum absolute atomic E-state index is 12.8. The first-order chi connectivity index (χ1) is 12.2. The van der Waals surface area contributed by atoms with E-state index in [1.54, 1.807) is 14.0 Å². The van der Waals surface area contributed by atoms with Gasteiger partial charge in [-0.1, -0.05) is 18.2 Å². The van der Waals surface area contributed by atoms with E-state index >= 15 is 0 Å². The van der Waals surface area contributed by atoms with E-state index < -0.39 is 23.1 Å². The van der Waals surface area contributed by atoms with Crippen molar-refractivity contribution in [1.82, 2.24) is 14.5 Å². The normalized spacial score (nSPS) is 13.3. The molecule has 0 radical (unpaired) electrons. The van der Waals surface area contributed by atoms with Crippen molar-refractivity contribution in [1.29, 1.82) is 0 Å². The zero-order valence-corrected chi connectivity index (χ0v) is 15.6. The molecule has 0 aliphatic heterocycles. The Morgan fingerprint density at radius 1 is 1.15 bits per heavy atom. The monoisotopic (exact) mass is 360 g/mol. The highest BCUT2D eigenvalue weighted by atomic mass is 16.5. The lowest BCUT2D eigenvalue weighted by atomic mass is 10.0. The molecule has 2 aromatic rings. The standard InChI is InChI=1S/C18H24N4O4/c1-10(12-8-6-7-9-13(12)26-5)20-11(2)15(23)14-16(19)21(3)18(25)22(4)17(14)24/h6-11,20H,19H2,1-5H3/t10-,11+/m1/s1. The lowest BCUT2D eigenvalue weighted by Crippen LogP contribution is -2.45. The van der Waals surface area contributed by atoms with Gasteiger partial charge in [-0.05, 0) is 19.9 Å². The molecule has 0 saturated heterocycles. The fourth-order valence-corrected chi connectivity index (χ4v) is 2.87. The molecular formula is C18H24N4O4. The van der Waals surface area contributed by atoms with Crippen molar-refractivity contribution in [2.75, 3.05) is 12.8 Å². The topological polar surface area (TPSA) is 108 Å². The number of benzene rings is 1. The molecule has 2 rings (SSSR count). The van der Waals surface area contributed by atoms with Gasteiger partial charge in [0.2, 0.25) is 0 Å². The second-order valence-electron chi connectivity index (χ2n) is 6.18. The van der Waals surface area contributed by atoms with Crippen LogP contribution in [-0.4, -0.2) is 28.1 Å². The predicted octanol–water partition coefficient (Wildman–Crippen LogP) is 0.597. The third kappa shape index (κ3) is 3.41. The van der Waals surface area contributed by atoms with Crippen molar-refractivity contribution in [3.63, 3.8) is 0 Å². The second kappa shape index (κ2) is 7.57. The van der Waals surface area contributed by atoms with Crippen LogP contribution in [0.15, 0.2) is 33.9 Å². The summed E-state index contributed by atoms with van der Waals surface area (Å²) >= 11 is 0. The Hall–Kier alpha value is -2.87. The van der Waals surface area contributed by atoms with Crippen molar-refractivity contribution in [2.24, 2.45) is 14.1 Å². The summed E-state index contributed by atoms with van der Waals surface area (Å²) < 4.78 is 7.30. The van der Waals surface area contributed by atoms with Crippen molar-refractivity contribution in [3.05, 3.63) is 56.2 Å². The van der Waals surface area contributed by atoms with Gasteiger partial charge >= 0.3 is 5.69 Å². The summed E-state index contributed by atoms with van der Waals surface area (Å²) in [5, 5.41) is 3.16. The van der Waals surface area contributed by atoms with Gasteiger partial charge in [-0.15, -0.1) is 0 Å². The smallest absolute Gasteiger partial charge is 0.332 e. The molecule has 140 valence electrons. The number of hydrogen-bond donors (Lipinski definition) is 2. The number of nitrogens with one attached hydrogen (secondary N) is 1. The molecule has 26 heavy (non-hydrogen) atoms. The van der Waals surface area contributed by atoms with Gasteiger partial charge in [-0.25, -0.2) is 4.79 Å². The maximum Gasteiger partial charge on any atom is 0.332 e. The molecule has 1 aromatic carbocycles. The lowest BCUT2D eigenvalue weighted by molar-refractivity contribution is 0.0943. The van der Waals surface area contributed by atoms with Crippen LogP contribution in [0.2, 0.25) is 0 Å². The summed E-state index contributed by atoms with van der Waals surface area (Å²) in [6.07, 6.45) is 0. The lowest BCUT2D eigenvalue weighted by Gasteiger charge is -2.22. The van der Waals surface area contributed by atoms with E-state index in [0.717, 1.165) is 14.7 Å². The Morgan fingerprint density at radius 3 is 2.38 bits per heavy atom. The van der Waals surface area contributed by atoms with Crippen LogP contribution in [0, 0.1) is 0 Å². The molecule has 0 bridgehead atoms. The number of carbonyl (C=O) groups excluding carboxylic acids is 1. The van der Waals surface area contributed by atoms with Crippen LogP contribution in [0.1, 0.15) is 35.8 Å². The number of nitrogen functional groups attached to an aromatic ring is 1. The molecule has 1 aromatic heterocycles. The maximum atomic E-state index is 12.8. The number of ketones is 1. The summed E-state index contributed by atoms with van der Waals surface area (Å²) in [5.74, 6) is 0.0897. The number of nitrogens with two attached hydrogens (primary N) is 1. The molecule has 3 N–H and O–H groups in total. The minimum absolute atomic E-state index is 0.137. The first kappa shape index (κ1) is 19.5. The van der Waals surface area contributed by atoms with Gasteiger partial charge < -0.3 is 15.8 Å². The first-order valence-electron chi connectivity index (χ1n) is 8.19. The molecule has 8 heteroatoms. The van der Waals surface area contributed by atoms with Crippen LogP contribution in [0.3, 0.4) is 0 Å². The van der Waals surface area contributed by atoms with Crippen LogP contribution in [0.25, 0.3) is 0 Å². The molecule has 0 spiro atoms. The van der Waals surface area contributed by atoms with Gasteiger partial charge in [-0.2, -0.15) is 0 Å². The SMILES string of the molecule is COc1ccccc1[C@@H](C)N[C@@H](C)C(=O)c1c(N)n(C)c(=O)n(C)c1=O. The molecule has 0 fully saturated rings. The Balaban J connectivity index is 2.34. The van der Waals surface area contributed by atoms with Gasteiger partial charge in [0.15, 0.2) is 5.78 Å². The average Bonchev–Trinajstić information content (AvgIpc) is 2.64. The molecule has 8 nitrogen and oxygen atoms in total. The van der Waals surface area contributed by atoms with Crippen LogP contribution in [0.4, 0.5) is 5.82 Å². The number of Topliss-reactive ketones (excluding diaryl/α,β-unsaturated/α-hetero) is 1. The highest BCUT2D eigenvalue weighted by molar-refractivity contribution is 6.03. The number of nitrogens with zero attached hydrogens (tertiary/aromatic N) is 2. The Morgan fingerprint density at radius 2 is 1.77 bits per heavy atom. The minimum atomic E-state index is -0.700. The average molecular weight is 360 g/mol. The number of anilines is 1. The molecular weight excluding hydrogens is 336 g/mol. The number of hydrogen-bond acceptors (Lipinski definition) is 6. The molecule has 1 heterocycles. The molecule has 0 saturated carbocycles. The number of para-hydroxylation sites is 1. The van der Waals surface area contributed by atoms with Crippen LogP contribution in [-0.2, 0) is 14.1 Å². The number of carbonyl (C=O) groups is 1. The number of aromatic nitrogens is 2. The zero-order chi connectivity index (χ0) is 19.6. The number of ether oxygens (including phenoxy) is 1. The highest BCUT2D eigenvalue weighted by Crippen LogP contribution is 2.25. The van der Waals surface area contributed by atoms with Gasteiger partial charge in [0, 0.05) is 25.7 Å². The predicted molar refractivity (Wildman–Crippen MR) is 99.7 cm³/mol. The van der Waals surface area contributed by atoms with Gasteiger partial charge in [0.25, 0.3) is 5.56 Å². The fourth-order valence-electron chi connectivity index (χ4n) is 2.87. The Bertz CT molecular complexity index is 945. The molecule has 2 atom stereocenters. The highest BCUT2D eigenvalue weighted by Gasteiger charge is 2.26. The third-order valence-electron chi connectivity index (χ3n) is 4.45. The molecule has 0 amide bonds. The molecule has 0 aliphatic rings. The van der Waals surface area contributed by atoms with Gasteiger partial charge in [-0.3, -0.25) is 18.7 Å². The summed E-state index contributed by atoms with van der Waals surface area (Å²) in [4.78, 5) is 37.1. The van der Waals surface area contributed by atoms with E-state index in [2.05, 4.69) is 5.32 Å². The number of methoxy groups -OCH3 is 1. The minimum Gasteiger partial charge on any atom is -0.496 e. The van der Waals surface area contributed by atoms with Crippen LogP contribution in [0.5, 0.6) is 5.75 Å². The van der Waals surface area contributed by atoms with E-state index in [9.17, 15) is 14.4 Å². The zero-order valence-electron chi connectivity index (χ0n) is 15.6.